The molecule has 2 aromatic carbocycles. The average molecular weight is 404 g/mol. The van der Waals surface area contributed by atoms with Crippen molar-refractivity contribution in [2.75, 3.05) is 13.7 Å². The SMILES string of the molecule is COc1ccc(C(=O)NC(=O)COC(=O)c2sc3ccccc3c2Cl)cc1. The molecule has 0 aliphatic carbocycles. The van der Waals surface area contributed by atoms with Gasteiger partial charge in [-0.05, 0) is 30.3 Å². The van der Waals surface area contributed by atoms with Gasteiger partial charge in [0.1, 0.15) is 10.6 Å². The summed E-state index contributed by atoms with van der Waals surface area (Å²) in [5, 5.41) is 3.19. The quantitative estimate of drug-likeness (QED) is 0.657. The summed E-state index contributed by atoms with van der Waals surface area (Å²) in [6.45, 7) is -0.592. The molecule has 0 atom stereocenters. The molecular weight excluding hydrogens is 390 g/mol. The summed E-state index contributed by atoms with van der Waals surface area (Å²) in [7, 11) is 1.51. The number of rotatable bonds is 5. The van der Waals surface area contributed by atoms with Crippen molar-refractivity contribution in [3.63, 3.8) is 0 Å². The Labute approximate surface area is 163 Å². The molecule has 0 aliphatic rings. The predicted octanol–water partition coefficient (Wildman–Crippen LogP) is 3.68. The van der Waals surface area contributed by atoms with Gasteiger partial charge in [-0.25, -0.2) is 4.79 Å². The normalized spacial score (nSPS) is 10.4. The molecule has 0 saturated heterocycles. The first-order valence-electron chi connectivity index (χ1n) is 7.82. The Morgan fingerprint density at radius 1 is 1.07 bits per heavy atom. The Balaban J connectivity index is 1.58. The van der Waals surface area contributed by atoms with E-state index in [4.69, 9.17) is 21.1 Å². The topological polar surface area (TPSA) is 81.7 Å². The van der Waals surface area contributed by atoms with Gasteiger partial charge in [0.05, 0.1) is 12.1 Å². The molecular formula is C19H14ClNO5S. The number of amides is 2. The highest BCUT2D eigenvalue weighted by molar-refractivity contribution is 7.21. The molecule has 0 saturated carbocycles. The molecule has 1 N–H and O–H groups in total. The summed E-state index contributed by atoms with van der Waals surface area (Å²) in [6.07, 6.45) is 0. The molecule has 0 aliphatic heterocycles. The Kier molecular flexibility index (Phi) is 5.73. The van der Waals surface area contributed by atoms with Gasteiger partial charge in [-0.15, -0.1) is 11.3 Å². The number of esters is 1. The molecule has 0 fully saturated rings. The summed E-state index contributed by atoms with van der Waals surface area (Å²) < 4.78 is 10.8. The zero-order chi connectivity index (χ0) is 19.4. The minimum absolute atomic E-state index is 0.215. The van der Waals surface area contributed by atoms with Crippen molar-refractivity contribution in [3.8, 4) is 5.75 Å². The van der Waals surface area contributed by atoms with E-state index in [1.165, 1.54) is 30.6 Å². The van der Waals surface area contributed by atoms with Gasteiger partial charge in [-0.1, -0.05) is 29.8 Å². The first kappa shape index (κ1) is 18.9. The van der Waals surface area contributed by atoms with E-state index < -0.39 is 24.4 Å². The molecule has 27 heavy (non-hydrogen) atoms. The Morgan fingerprint density at radius 3 is 2.44 bits per heavy atom. The first-order chi connectivity index (χ1) is 13.0. The molecule has 0 spiro atoms. The maximum absolute atomic E-state index is 12.2. The van der Waals surface area contributed by atoms with E-state index in [0.717, 1.165) is 10.1 Å². The number of hydrogen-bond donors (Lipinski definition) is 1. The van der Waals surface area contributed by atoms with Crippen LogP contribution in [0.2, 0.25) is 5.02 Å². The van der Waals surface area contributed by atoms with E-state index in [0.29, 0.717) is 5.75 Å². The smallest absolute Gasteiger partial charge is 0.350 e. The second kappa shape index (κ2) is 8.20. The monoisotopic (exact) mass is 403 g/mol. The number of fused-ring (bicyclic) bond motifs is 1. The summed E-state index contributed by atoms with van der Waals surface area (Å²) in [5.41, 5.74) is 0.281. The van der Waals surface area contributed by atoms with Crippen molar-refractivity contribution in [1.29, 1.82) is 0 Å². The number of carbonyl (C=O) groups excluding carboxylic acids is 3. The third-order valence-electron chi connectivity index (χ3n) is 3.66. The second-order valence-electron chi connectivity index (χ2n) is 5.42. The van der Waals surface area contributed by atoms with Crippen LogP contribution in [0.1, 0.15) is 20.0 Å². The molecule has 1 aromatic heterocycles. The van der Waals surface area contributed by atoms with Crippen LogP contribution in [0.4, 0.5) is 0 Å². The van der Waals surface area contributed by atoms with Crippen molar-refractivity contribution in [2.24, 2.45) is 0 Å². The average Bonchev–Trinajstić information content (AvgIpc) is 3.03. The van der Waals surface area contributed by atoms with Crippen molar-refractivity contribution in [3.05, 3.63) is 64.0 Å². The molecule has 138 valence electrons. The Morgan fingerprint density at radius 2 is 1.78 bits per heavy atom. The number of carbonyl (C=O) groups is 3. The Hall–Kier alpha value is -2.90. The summed E-state index contributed by atoms with van der Waals surface area (Å²) in [6, 6.07) is 13.5. The van der Waals surface area contributed by atoms with Gasteiger partial charge in [-0.2, -0.15) is 0 Å². The van der Waals surface area contributed by atoms with Gasteiger partial charge in [0.15, 0.2) is 6.61 Å². The van der Waals surface area contributed by atoms with E-state index in [1.807, 2.05) is 18.2 Å². The maximum atomic E-state index is 12.2. The van der Waals surface area contributed by atoms with E-state index in [-0.39, 0.29) is 15.5 Å². The van der Waals surface area contributed by atoms with Gasteiger partial charge >= 0.3 is 5.97 Å². The van der Waals surface area contributed by atoms with Crippen molar-refractivity contribution < 1.29 is 23.9 Å². The molecule has 0 radical (unpaired) electrons. The van der Waals surface area contributed by atoms with Gasteiger partial charge in [0.2, 0.25) is 0 Å². The molecule has 3 rings (SSSR count). The van der Waals surface area contributed by atoms with Gasteiger partial charge < -0.3 is 9.47 Å². The van der Waals surface area contributed by atoms with E-state index in [9.17, 15) is 14.4 Å². The fourth-order valence-corrected chi connectivity index (χ4v) is 3.72. The molecule has 3 aromatic rings. The minimum atomic E-state index is -0.735. The fraction of sp³-hybridized carbons (Fsp3) is 0.105. The molecule has 6 nitrogen and oxygen atoms in total. The van der Waals surface area contributed by atoms with Crippen LogP contribution in [0.3, 0.4) is 0 Å². The lowest BCUT2D eigenvalue weighted by Crippen LogP contribution is -2.34. The summed E-state index contributed by atoms with van der Waals surface area (Å²) >= 11 is 7.38. The highest BCUT2D eigenvalue weighted by Gasteiger charge is 2.20. The minimum Gasteiger partial charge on any atom is -0.497 e. The molecule has 0 bridgehead atoms. The lowest BCUT2D eigenvalue weighted by atomic mass is 10.2. The van der Waals surface area contributed by atoms with Gasteiger partial charge in [0, 0.05) is 15.6 Å². The first-order valence-corrected chi connectivity index (χ1v) is 9.01. The lowest BCUT2D eigenvalue weighted by molar-refractivity contribution is -0.123. The number of ether oxygens (including phenoxy) is 2. The van der Waals surface area contributed by atoms with Gasteiger partial charge in [0.25, 0.3) is 11.8 Å². The number of thiophene rings is 1. The van der Waals surface area contributed by atoms with Crippen molar-refractivity contribution in [2.45, 2.75) is 0 Å². The van der Waals surface area contributed by atoms with Crippen LogP contribution in [0.5, 0.6) is 5.75 Å². The van der Waals surface area contributed by atoms with Crippen LogP contribution in [-0.2, 0) is 9.53 Å². The second-order valence-corrected chi connectivity index (χ2v) is 6.85. The van der Waals surface area contributed by atoms with Crippen LogP contribution < -0.4 is 10.1 Å². The van der Waals surface area contributed by atoms with Crippen LogP contribution >= 0.6 is 22.9 Å². The Bertz CT molecular complexity index is 1010. The van der Waals surface area contributed by atoms with E-state index in [1.54, 1.807) is 18.2 Å². The number of hydrogen-bond acceptors (Lipinski definition) is 6. The van der Waals surface area contributed by atoms with Crippen LogP contribution in [0.25, 0.3) is 10.1 Å². The largest absolute Gasteiger partial charge is 0.497 e. The lowest BCUT2D eigenvalue weighted by Gasteiger charge is -2.06. The van der Waals surface area contributed by atoms with E-state index in [2.05, 4.69) is 5.32 Å². The number of methoxy groups -OCH3 is 1. The molecule has 1 heterocycles. The van der Waals surface area contributed by atoms with E-state index >= 15 is 0 Å². The summed E-state index contributed by atoms with van der Waals surface area (Å²) in [5.74, 6) is -1.46. The highest BCUT2D eigenvalue weighted by atomic mass is 35.5. The van der Waals surface area contributed by atoms with Crippen LogP contribution in [-0.4, -0.2) is 31.5 Å². The van der Waals surface area contributed by atoms with Crippen molar-refractivity contribution >= 4 is 50.8 Å². The number of nitrogens with one attached hydrogen (secondary N) is 1. The molecule has 0 unspecified atom stereocenters. The van der Waals surface area contributed by atoms with Gasteiger partial charge in [-0.3, -0.25) is 14.9 Å². The number of imide groups is 1. The standard InChI is InChI=1S/C19H14ClNO5S/c1-25-12-8-6-11(7-9-12)18(23)21-15(22)10-26-19(24)17-16(20)13-4-2-3-5-14(13)27-17/h2-9H,10H2,1H3,(H,21,22,23). The zero-order valence-electron chi connectivity index (χ0n) is 14.2. The van der Waals surface area contributed by atoms with Crippen LogP contribution in [0, 0.1) is 0 Å². The fourth-order valence-electron chi connectivity index (χ4n) is 2.32. The third kappa shape index (κ3) is 4.27. The maximum Gasteiger partial charge on any atom is 0.350 e. The highest BCUT2D eigenvalue weighted by Crippen LogP contribution is 2.35. The number of benzene rings is 2. The number of halogens is 1. The predicted molar refractivity (Wildman–Crippen MR) is 103 cm³/mol. The molecule has 8 heteroatoms. The third-order valence-corrected chi connectivity index (χ3v) is 5.32. The van der Waals surface area contributed by atoms with Crippen LogP contribution in [0.15, 0.2) is 48.5 Å². The zero-order valence-corrected chi connectivity index (χ0v) is 15.7. The molecule has 2 amide bonds. The summed E-state index contributed by atoms with van der Waals surface area (Å²) in [4.78, 5) is 36.3. The van der Waals surface area contributed by atoms with Crippen molar-refractivity contribution in [1.82, 2.24) is 5.32 Å².